The molecule has 0 fully saturated rings. The molecule has 0 heterocycles. The molecule has 0 unspecified atom stereocenters. The molecule has 47 heavy (non-hydrogen) atoms. The van der Waals surface area contributed by atoms with E-state index in [1.807, 2.05) is 13.8 Å². The molecule has 0 aliphatic heterocycles. The minimum absolute atomic E-state index is 1.03. The van der Waals surface area contributed by atoms with Gasteiger partial charge in [0.15, 0.2) is 0 Å². The van der Waals surface area contributed by atoms with Crippen molar-refractivity contribution in [1.29, 1.82) is 0 Å². The Balaban J connectivity index is 0.00000245. The van der Waals surface area contributed by atoms with Crippen molar-refractivity contribution in [2.45, 2.75) is 94.4 Å². The van der Waals surface area contributed by atoms with Crippen LogP contribution in [0.15, 0.2) is 97.1 Å². The third-order valence-electron chi connectivity index (χ3n) is 8.84. The summed E-state index contributed by atoms with van der Waals surface area (Å²) in [4.78, 5) is 4.86. The van der Waals surface area contributed by atoms with Crippen LogP contribution in [0.3, 0.4) is 0 Å². The van der Waals surface area contributed by atoms with Crippen LogP contribution < -0.4 is 9.80 Å². The van der Waals surface area contributed by atoms with Crippen molar-refractivity contribution in [1.82, 2.24) is 0 Å². The first-order valence-corrected chi connectivity index (χ1v) is 18.6. The summed E-state index contributed by atoms with van der Waals surface area (Å²) in [7, 11) is 0. The molecule has 5 aromatic carbocycles. The summed E-state index contributed by atoms with van der Waals surface area (Å²) in [6.45, 7) is 19.7. The van der Waals surface area contributed by atoms with Gasteiger partial charge in [0.05, 0.1) is 11.4 Å². The summed E-state index contributed by atoms with van der Waals surface area (Å²) in [5.74, 6) is 0. The maximum atomic E-state index is 2.44. The molecule has 0 radical (unpaired) electrons. The van der Waals surface area contributed by atoms with Gasteiger partial charge in [-0.05, 0) is 176 Å². The van der Waals surface area contributed by atoms with Crippen molar-refractivity contribution in [3.05, 3.63) is 140 Å². The Kier molecular flexibility index (Phi) is 13.1. The smallest absolute Gasteiger partial charge is 0.0520 e. The van der Waals surface area contributed by atoms with Crippen molar-refractivity contribution in [2.24, 2.45) is 0 Å². The molecule has 246 valence electrons. The van der Waals surface area contributed by atoms with Crippen LogP contribution in [-0.2, 0) is 19.3 Å². The standard InChI is InChI=1S/C42H47IN2.C2H6/c1-8-11-12-35-25-29(4)41(30(5)26-35)44(37-17-13-33(9-2)14-18-37)39-21-23-40(24-22-39)45(38-19-15-34(10-3)16-20-38)42-31(6)27-36(43)28-32(42)7;1-2/h13-28H,8-12H2,1-7H3;1-2H3. The average Bonchev–Trinajstić information content (AvgIpc) is 3.08. The summed E-state index contributed by atoms with van der Waals surface area (Å²) in [5.41, 5.74) is 16.5. The summed E-state index contributed by atoms with van der Waals surface area (Å²) in [6.07, 6.45) is 5.63. The van der Waals surface area contributed by atoms with Crippen molar-refractivity contribution < 1.29 is 0 Å². The molecule has 0 atom stereocenters. The predicted molar refractivity (Wildman–Crippen MR) is 216 cm³/mol. The largest absolute Gasteiger partial charge is 0.310 e. The van der Waals surface area contributed by atoms with E-state index in [2.05, 4.69) is 178 Å². The Morgan fingerprint density at radius 3 is 1.11 bits per heavy atom. The Morgan fingerprint density at radius 1 is 0.468 bits per heavy atom. The number of hydrogen-bond acceptors (Lipinski definition) is 2. The third kappa shape index (κ3) is 8.48. The zero-order valence-electron chi connectivity index (χ0n) is 30.0. The van der Waals surface area contributed by atoms with Crippen LogP contribution in [0.4, 0.5) is 34.1 Å². The van der Waals surface area contributed by atoms with Crippen LogP contribution in [0.2, 0.25) is 0 Å². The molecular formula is C44H53IN2. The Morgan fingerprint density at radius 2 is 0.787 bits per heavy atom. The van der Waals surface area contributed by atoms with Gasteiger partial charge in [0, 0.05) is 26.3 Å². The van der Waals surface area contributed by atoms with Gasteiger partial charge in [-0.25, -0.2) is 0 Å². The second-order valence-corrected chi connectivity index (χ2v) is 13.5. The van der Waals surface area contributed by atoms with E-state index in [-0.39, 0.29) is 0 Å². The monoisotopic (exact) mass is 736 g/mol. The van der Waals surface area contributed by atoms with Crippen molar-refractivity contribution >= 4 is 56.7 Å². The van der Waals surface area contributed by atoms with Crippen LogP contribution >= 0.6 is 22.6 Å². The van der Waals surface area contributed by atoms with Gasteiger partial charge in [0.1, 0.15) is 0 Å². The number of anilines is 6. The lowest BCUT2D eigenvalue weighted by Crippen LogP contribution is -2.15. The van der Waals surface area contributed by atoms with Crippen LogP contribution in [0, 0.1) is 31.3 Å². The minimum Gasteiger partial charge on any atom is -0.310 e. The first kappa shape index (κ1) is 36.3. The van der Waals surface area contributed by atoms with Crippen molar-refractivity contribution in [3.8, 4) is 0 Å². The minimum atomic E-state index is 1.03. The number of unbranched alkanes of at least 4 members (excludes halogenated alkanes) is 1. The number of benzene rings is 5. The zero-order valence-corrected chi connectivity index (χ0v) is 32.2. The predicted octanol–water partition coefficient (Wildman–Crippen LogP) is 14.0. The number of hydrogen-bond donors (Lipinski definition) is 0. The SMILES string of the molecule is CC.CCCCc1cc(C)c(N(c2ccc(CC)cc2)c2ccc(N(c3ccc(CC)cc3)c3c(C)cc(I)cc3C)cc2)c(C)c1. The molecule has 0 saturated carbocycles. The molecule has 0 aliphatic rings. The maximum absolute atomic E-state index is 2.44. The second-order valence-electron chi connectivity index (χ2n) is 12.3. The molecule has 0 spiro atoms. The molecule has 0 N–H and O–H groups in total. The van der Waals surface area contributed by atoms with E-state index in [0.29, 0.717) is 0 Å². The number of nitrogens with zero attached hydrogens (tertiary/aromatic N) is 2. The lowest BCUT2D eigenvalue weighted by molar-refractivity contribution is 0.794. The number of rotatable bonds is 11. The molecule has 2 nitrogen and oxygen atoms in total. The molecule has 0 aliphatic carbocycles. The van der Waals surface area contributed by atoms with Gasteiger partial charge in [0.2, 0.25) is 0 Å². The molecule has 5 rings (SSSR count). The fourth-order valence-electron chi connectivity index (χ4n) is 6.51. The van der Waals surface area contributed by atoms with Crippen LogP contribution in [-0.4, -0.2) is 0 Å². The normalized spacial score (nSPS) is 10.8. The highest BCUT2D eigenvalue weighted by atomic mass is 127. The zero-order chi connectivity index (χ0) is 34.1. The fraction of sp³-hybridized carbons (Fsp3) is 0.318. The number of halogens is 1. The van der Waals surface area contributed by atoms with E-state index in [0.717, 1.165) is 30.6 Å². The topological polar surface area (TPSA) is 6.48 Å². The van der Waals surface area contributed by atoms with Crippen LogP contribution in [0.1, 0.15) is 86.4 Å². The average molecular weight is 737 g/mol. The third-order valence-corrected chi connectivity index (χ3v) is 9.47. The van der Waals surface area contributed by atoms with E-state index in [9.17, 15) is 0 Å². The van der Waals surface area contributed by atoms with E-state index in [1.54, 1.807) is 0 Å². The molecule has 0 saturated heterocycles. The highest BCUT2D eigenvalue weighted by Gasteiger charge is 2.21. The van der Waals surface area contributed by atoms with Gasteiger partial charge < -0.3 is 9.80 Å². The molecule has 0 aromatic heterocycles. The molecular weight excluding hydrogens is 683 g/mol. The van der Waals surface area contributed by atoms with Crippen LogP contribution in [0.25, 0.3) is 0 Å². The second kappa shape index (κ2) is 17.0. The van der Waals surface area contributed by atoms with Crippen LogP contribution in [0.5, 0.6) is 0 Å². The highest BCUT2D eigenvalue weighted by molar-refractivity contribution is 14.1. The van der Waals surface area contributed by atoms with Gasteiger partial charge in [-0.2, -0.15) is 0 Å². The maximum Gasteiger partial charge on any atom is 0.0520 e. The van der Waals surface area contributed by atoms with Crippen molar-refractivity contribution in [2.75, 3.05) is 9.80 Å². The molecule has 3 heteroatoms. The van der Waals surface area contributed by atoms with E-state index >= 15 is 0 Å². The van der Waals surface area contributed by atoms with Gasteiger partial charge in [-0.1, -0.05) is 77.4 Å². The Hall–Kier alpha value is -3.57. The summed E-state index contributed by atoms with van der Waals surface area (Å²) in [6, 6.07) is 36.6. The van der Waals surface area contributed by atoms with E-state index in [4.69, 9.17) is 0 Å². The summed E-state index contributed by atoms with van der Waals surface area (Å²) >= 11 is 2.43. The Labute approximate surface area is 299 Å². The van der Waals surface area contributed by atoms with Crippen molar-refractivity contribution in [3.63, 3.8) is 0 Å². The first-order chi connectivity index (χ1) is 22.7. The molecule has 5 aromatic rings. The highest BCUT2D eigenvalue weighted by Crippen LogP contribution is 2.43. The summed E-state index contributed by atoms with van der Waals surface area (Å²) < 4.78 is 1.26. The van der Waals surface area contributed by atoms with Gasteiger partial charge in [-0.15, -0.1) is 0 Å². The lowest BCUT2D eigenvalue weighted by atomic mass is 9.98. The quantitative estimate of drug-likeness (QED) is 0.125. The molecule has 0 bridgehead atoms. The first-order valence-electron chi connectivity index (χ1n) is 17.5. The number of aryl methyl sites for hydroxylation is 7. The van der Waals surface area contributed by atoms with E-state index < -0.39 is 0 Å². The molecule has 0 amide bonds. The van der Waals surface area contributed by atoms with Gasteiger partial charge in [-0.3, -0.25) is 0 Å². The Bertz CT molecular complexity index is 1690. The van der Waals surface area contributed by atoms with E-state index in [1.165, 1.54) is 78.1 Å². The van der Waals surface area contributed by atoms with Gasteiger partial charge >= 0.3 is 0 Å². The fourth-order valence-corrected chi connectivity index (χ4v) is 7.44. The van der Waals surface area contributed by atoms with Gasteiger partial charge in [0.25, 0.3) is 0 Å². The summed E-state index contributed by atoms with van der Waals surface area (Å²) in [5, 5.41) is 0. The lowest BCUT2D eigenvalue weighted by Gasteiger charge is -2.31.